The van der Waals surface area contributed by atoms with Gasteiger partial charge in [0.25, 0.3) is 0 Å². The summed E-state index contributed by atoms with van der Waals surface area (Å²) in [5.41, 5.74) is 7.17. The predicted octanol–water partition coefficient (Wildman–Crippen LogP) is 1.18. The molecule has 3 N–H and O–H groups in total. The van der Waals surface area contributed by atoms with Crippen LogP contribution in [0.15, 0.2) is 36.7 Å². The third-order valence-corrected chi connectivity index (χ3v) is 1.91. The highest BCUT2D eigenvalue weighted by Crippen LogP contribution is 2.15. The Morgan fingerprint density at radius 2 is 2.29 bits per heavy atom. The van der Waals surface area contributed by atoms with E-state index in [0.29, 0.717) is 5.56 Å². The number of aromatic amines is 1. The molecule has 0 bridgehead atoms. The molecule has 70 valence electrons. The van der Waals surface area contributed by atoms with Crippen LogP contribution in [0.4, 0.5) is 0 Å². The number of rotatable bonds is 2. The molecule has 0 saturated carbocycles. The highest BCUT2D eigenvalue weighted by Gasteiger charge is 2.05. The molecule has 0 saturated heterocycles. The van der Waals surface area contributed by atoms with Crippen LogP contribution in [0.2, 0.25) is 0 Å². The number of pyridine rings is 1. The summed E-state index contributed by atoms with van der Waals surface area (Å²) in [6, 6.07) is 7.26. The van der Waals surface area contributed by atoms with E-state index in [1.54, 1.807) is 18.5 Å². The van der Waals surface area contributed by atoms with Gasteiger partial charge in [-0.3, -0.25) is 9.78 Å². The summed E-state index contributed by atoms with van der Waals surface area (Å²) in [7, 11) is 0. The van der Waals surface area contributed by atoms with E-state index in [1.165, 1.54) is 0 Å². The molecule has 0 unspecified atom stereocenters. The molecule has 2 aromatic rings. The zero-order valence-electron chi connectivity index (χ0n) is 7.40. The van der Waals surface area contributed by atoms with Crippen molar-refractivity contribution in [2.45, 2.75) is 0 Å². The number of nitrogens with zero attached hydrogens (tertiary/aromatic N) is 1. The van der Waals surface area contributed by atoms with E-state index in [9.17, 15) is 4.79 Å². The summed E-state index contributed by atoms with van der Waals surface area (Å²) in [4.78, 5) is 17.9. The second-order valence-electron chi connectivity index (χ2n) is 2.88. The topological polar surface area (TPSA) is 71.8 Å². The van der Waals surface area contributed by atoms with Gasteiger partial charge in [-0.05, 0) is 18.2 Å². The molecule has 2 rings (SSSR count). The second kappa shape index (κ2) is 3.33. The Hall–Kier alpha value is -2.10. The lowest BCUT2D eigenvalue weighted by atomic mass is 10.2. The fourth-order valence-corrected chi connectivity index (χ4v) is 1.21. The van der Waals surface area contributed by atoms with Crippen LogP contribution in [-0.4, -0.2) is 15.9 Å². The SMILES string of the molecule is NC(=O)c1c[nH]c(-c2ccccn2)c1. The van der Waals surface area contributed by atoms with E-state index in [2.05, 4.69) is 9.97 Å². The van der Waals surface area contributed by atoms with Crippen molar-refractivity contribution < 1.29 is 4.79 Å². The van der Waals surface area contributed by atoms with Crippen LogP contribution in [0, 0.1) is 0 Å². The summed E-state index contributed by atoms with van der Waals surface area (Å²) >= 11 is 0. The minimum absolute atomic E-state index is 0.441. The molecular formula is C10H9N3O. The summed E-state index contributed by atoms with van der Waals surface area (Å²) < 4.78 is 0. The monoisotopic (exact) mass is 187 g/mol. The number of primary amides is 1. The van der Waals surface area contributed by atoms with Crippen molar-refractivity contribution in [1.82, 2.24) is 9.97 Å². The standard InChI is InChI=1S/C10H9N3O/c11-10(14)7-5-9(13-6-7)8-3-1-2-4-12-8/h1-6,13H,(H2,11,14). The molecular weight excluding hydrogens is 178 g/mol. The molecule has 0 radical (unpaired) electrons. The highest BCUT2D eigenvalue weighted by molar-refractivity contribution is 5.93. The number of carbonyl (C=O) groups is 1. The van der Waals surface area contributed by atoms with Gasteiger partial charge in [0.15, 0.2) is 0 Å². The molecule has 0 spiro atoms. The molecule has 4 nitrogen and oxygen atoms in total. The van der Waals surface area contributed by atoms with E-state index in [0.717, 1.165) is 11.4 Å². The third kappa shape index (κ3) is 1.50. The fraction of sp³-hybridized carbons (Fsp3) is 0. The first-order chi connectivity index (χ1) is 6.77. The van der Waals surface area contributed by atoms with E-state index >= 15 is 0 Å². The van der Waals surface area contributed by atoms with Crippen molar-refractivity contribution in [3.05, 3.63) is 42.2 Å². The maximum atomic E-state index is 10.8. The maximum Gasteiger partial charge on any atom is 0.250 e. The van der Waals surface area contributed by atoms with Gasteiger partial charge < -0.3 is 10.7 Å². The van der Waals surface area contributed by atoms with Crippen molar-refractivity contribution in [3.63, 3.8) is 0 Å². The van der Waals surface area contributed by atoms with Gasteiger partial charge in [-0.2, -0.15) is 0 Å². The molecule has 0 aliphatic carbocycles. The Balaban J connectivity index is 2.39. The van der Waals surface area contributed by atoms with Gasteiger partial charge >= 0.3 is 0 Å². The van der Waals surface area contributed by atoms with Crippen molar-refractivity contribution in [2.24, 2.45) is 5.73 Å². The molecule has 0 aliphatic heterocycles. The Morgan fingerprint density at radius 3 is 2.86 bits per heavy atom. The van der Waals surface area contributed by atoms with Crippen molar-refractivity contribution in [2.75, 3.05) is 0 Å². The van der Waals surface area contributed by atoms with Gasteiger partial charge in [0, 0.05) is 12.4 Å². The number of nitrogens with two attached hydrogens (primary N) is 1. The first-order valence-corrected chi connectivity index (χ1v) is 4.17. The van der Waals surface area contributed by atoms with Crippen LogP contribution in [-0.2, 0) is 0 Å². The summed E-state index contributed by atoms with van der Waals surface area (Å²) in [5, 5.41) is 0. The van der Waals surface area contributed by atoms with Gasteiger partial charge in [0.2, 0.25) is 5.91 Å². The van der Waals surface area contributed by atoms with Crippen LogP contribution >= 0.6 is 0 Å². The quantitative estimate of drug-likeness (QED) is 0.740. The first-order valence-electron chi connectivity index (χ1n) is 4.17. The van der Waals surface area contributed by atoms with Crippen LogP contribution in [0.1, 0.15) is 10.4 Å². The van der Waals surface area contributed by atoms with Gasteiger partial charge in [-0.25, -0.2) is 0 Å². The third-order valence-electron chi connectivity index (χ3n) is 1.91. The lowest BCUT2D eigenvalue weighted by molar-refractivity contribution is 0.100. The minimum atomic E-state index is -0.441. The average molecular weight is 187 g/mol. The lowest BCUT2D eigenvalue weighted by Gasteiger charge is -1.93. The number of H-pyrrole nitrogens is 1. The van der Waals surface area contributed by atoms with Crippen LogP contribution < -0.4 is 5.73 Å². The Labute approximate surface area is 80.8 Å². The van der Waals surface area contributed by atoms with Crippen molar-refractivity contribution >= 4 is 5.91 Å². The molecule has 0 aromatic carbocycles. The highest BCUT2D eigenvalue weighted by atomic mass is 16.1. The molecule has 0 fully saturated rings. The van der Waals surface area contributed by atoms with Crippen molar-refractivity contribution in [3.8, 4) is 11.4 Å². The smallest absolute Gasteiger partial charge is 0.250 e. The Kier molecular flexibility index (Phi) is 2.02. The average Bonchev–Trinajstić information content (AvgIpc) is 2.68. The van der Waals surface area contributed by atoms with Crippen LogP contribution in [0.5, 0.6) is 0 Å². The van der Waals surface area contributed by atoms with E-state index < -0.39 is 5.91 Å². The zero-order valence-corrected chi connectivity index (χ0v) is 7.40. The van der Waals surface area contributed by atoms with Gasteiger partial charge in [-0.15, -0.1) is 0 Å². The maximum absolute atomic E-state index is 10.8. The minimum Gasteiger partial charge on any atom is -0.366 e. The number of hydrogen-bond donors (Lipinski definition) is 2. The number of nitrogens with one attached hydrogen (secondary N) is 1. The molecule has 14 heavy (non-hydrogen) atoms. The largest absolute Gasteiger partial charge is 0.366 e. The number of hydrogen-bond acceptors (Lipinski definition) is 2. The summed E-state index contributed by atoms with van der Waals surface area (Å²) in [6.45, 7) is 0. The van der Waals surface area contributed by atoms with Crippen LogP contribution in [0.3, 0.4) is 0 Å². The number of carbonyl (C=O) groups excluding carboxylic acids is 1. The molecule has 2 heterocycles. The Bertz CT molecular complexity index is 447. The molecule has 2 aromatic heterocycles. The van der Waals surface area contributed by atoms with Gasteiger partial charge in [-0.1, -0.05) is 6.07 Å². The fourth-order valence-electron chi connectivity index (χ4n) is 1.21. The number of aromatic nitrogens is 2. The molecule has 0 aliphatic rings. The second-order valence-corrected chi connectivity index (χ2v) is 2.88. The Morgan fingerprint density at radius 1 is 1.43 bits per heavy atom. The van der Waals surface area contributed by atoms with Gasteiger partial charge in [0.1, 0.15) is 0 Å². The van der Waals surface area contributed by atoms with E-state index in [1.807, 2.05) is 18.2 Å². The lowest BCUT2D eigenvalue weighted by Crippen LogP contribution is -2.09. The summed E-state index contributed by atoms with van der Waals surface area (Å²) in [5.74, 6) is -0.441. The summed E-state index contributed by atoms with van der Waals surface area (Å²) in [6.07, 6.45) is 3.27. The van der Waals surface area contributed by atoms with Gasteiger partial charge in [0.05, 0.1) is 17.0 Å². The van der Waals surface area contributed by atoms with Crippen LogP contribution in [0.25, 0.3) is 11.4 Å². The number of amides is 1. The predicted molar refractivity (Wildman–Crippen MR) is 52.5 cm³/mol. The van der Waals surface area contributed by atoms with E-state index in [4.69, 9.17) is 5.73 Å². The van der Waals surface area contributed by atoms with E-state index in [-0.39, 0.29) is 0 Å². The zero-order chi connectivity index (χ0) is 9.97. The molecule has 0 atom stereocenters. The first kappa shape index (κ1) is 8.50. The van der Waals surface area contributed by atoms with Crippen molar-refractivity contribution in [1.29, 1.82) is 0 Å². The molecule has 4 heteroatoms. The normalized spacial score (nSPS) is 10.0. The molecule has 1 amide bonds.